The third-order valence-electron chi connectivity index (χ3n) is 3.44. The van der Waals surface area contributed by atoms with E-state index < -0.39 is 0 Å². The molecule has 1 N–H and O–H groups in total. The second-order valence-electron chi connectivity index (χ2n) is 5.75. The molecule has 0 saturated carbocycles. The van der Waals surface area contributed by atoms with Crippen molar-refractivity contribution in [2.75, 3.05) is 13.7 Å². The van der Waals surface area contributed by atoms with Gasteiger partial charge in [0, 0.05) is 24.2 Å². The first-order valence-electron chi connectivity index (χ1n) is 6.96. The zero-order chi connectivity index (χ0) is 14.4. The SMILES string of the molecule is COCC(NC(c1ccc(Cl)cc1)C(C)C)C(C)C. The Kier molecular flexibility index (Phi) is 6.84. The van der Waals surface area contributed by atoms with Gasteiger partial charge in [-0.2, -0.15) is 0 Å². The monoisotopic (exact) mass is 283 g/mol. The summed E-state index contributed by atoms with van der Waals surface area (Å²) in [5.74, 6) is 1.05. The van der Waals surface area contributed by atoms with Crippen LogP contribution in [0.5, 0.6) is 0 Å². The number of nitrogens with one attached hydrogen (secondary N) is 1. The molecule has 2 unspecified atom stereocenters. The zero-order valence-electron chi connectivity index (χ0n) is 12.6. The maximum absolute atomic E-state index is 5.96. The summed E-state index contributed by atoms with van der Waals surface area (Å²) in [5.41, 5.74) is 1.28. The Balaban J connectivity index is 2.85. The molecule has 0 spiro atoms. The lowest BCUT2D eigenvalue weighted by atomic mass is 9.93. The fourth-order valence-corrected chi connectivity index (χ4v) is 2.31. The zero-order valence-corrected chi connectivity index (χ0v) is 13.4. The van der Waals surface area contributed by atoms with Gasteiger partial charge in [-0.25, -0.2) is 0 Å². The number of rotatable bonds is 7. The Morgan fingerprint density at radius 3 is 2.05 bits per heavy atom. The Morgan fingerprint density at radius 2 is 1.63 bits per heavy atom. The van der Waals surface area contributed by atoms with Crippen LogP contribution in [0, 0.1) is 11.8 Å². The number of hydrogen-bond donors (Lipinski definition) is 1. The van der Waals surface area contributed by atoms with Crippen molar-refractivity contribution in [2.24, 2.45) is 11.8 Å². The molecule has 2 atom stereocenters. The molecular weight excluding hydrogens is 258 g/mol. The van der Waals surface area contributed by atoms with Crippen molar-refractivity contribution in [1.82, 2.24) is 5.32 Å². The van der Waals surface area contributed by atoms with E-state index in [0.717, 1.165) is 11.6 Å². The summed E-state index contributed by atoms with van der Waals surface area (Å²) in [4.78, 5) is 0. The highest BCUT2D eigenvalue weighted by Gasteiger charge is 2.22. The number of halogens is 1. The topological polar surface area (TPSA) is 21.3 Å². The molecule has 0 aromatic heterocycles. The Bertz CT molecular complexity index is 362. The van der Waals surface area contributed by atoms with Gasteiger partial charge >= 0.3 is 0 Å². The highest BCUT2D eigenvalue weighted by Crippen LogP contribution is 2.24. The molecule has 0 aliphatic carbocycles. The predicted octanol–water partition coefficient (Wildman–Crippen LogP) is 4.30. The molecule has 0 amide bonds. The van der Waals surface area contributed by atoms with Crippen molar-refractivity contribution in [2.45, 2.75) is 39.8 Å². The molecule has 0 heterocycles. The van der Waals surface area contributed by atoms with Gasteiger partial charge in [0.25, 0.3) is 0 Å². The molecule has 0 aliphatic heterocycles. The van der Waals surface area contributed by atoms with Crippen LogP contribution in [0.2, 0.25) is 5.02 Å². The molecule has 0 fully saturated rings. The van der Waals surface area contributed by atoms with Gasteiger partial charge in [-0.1, -0.05) is 51.4 Å². The lowest BCUT2D eigenvalue weighted by Crippen LogP contribution is -2.41. The summed E-state index contributed by atoms with van der Waals surface area (Å²) >= 11 is 5.96. The average molecular weight is 284 g/mol. The first kappa shape index (κ1) is 16.5. The summed E-state index contributed by atoms with van der Waals surface area (Å²) < 4.78 is 5.32. The fourth-order valence-electron chi connectivity index (χ4n) is 2.19. The van der Waals surface area contributed by atoms with Crippen molar-refractivity contribution >= 4 is 11.6 Å². The van der Waals surface area contributed by atoms with Gasteiger partial charge in [0.1, 0.15) is 0 Å². The molecule has 19 heavy (non-hydrogen) atoms. The van der Waals surface area contributed by atoms with Gasteiger partial charge in [0.15, 0.2) is 0 Å². The molecule has 2 nitrogen and oxygen atoms in total. The van der Waals surface area contributed by atoms with E-state index in [1.54, 1.807) is 7.11 Å². The van der Waals surface area contributed by atoms with E-state index in [9.17, 15) is 0 Å². The van der Waals surface area contributed by atoms with E-state index in [-0.39, 0.29) is 0 Å². The van der Waals surface area contributed by atoms with Crippen molar-refractivity contribution < 1.29 is 4.74 Å². The van der Waals surface area contributed by atoms with E-state index in [1.807, 2.05) is 12.1 Å². The third-order valence-corrected chi connectivity index (χ3v) is 3.69. The van der Waals surface area contributed by atoms with Crippen LogP contribution in [-0.2, 0) is 4.74 Å². The number of hydrogen-bond acceptors (Lipinski definition) is 2. The summed E-state index contributed by atoms with van der Waals surface area (Å²) in [6, 6.07) is 8.78. The summed E-state index contributed by atoms with van der Waals surface area (Å²) in [6.45, 7) is 9.63. The normalized spacial score (nSPS) is 14.9. The van der Waals surface area contributed by atoms with Crippen molar-refractivity contribution in [1.29, 1.82) is 0 Å². The second-order valence-corrected chi connectivity index (χ2v) is 6.18. The number of ether oxygens (including phenoxy) is 1. The van der Waals surface area contributed by atoms with Crippen LogP contribution in [0.1, 0.15) is 39.3 Å². The quantitative estimate of drug-likeness (QED) is 0.806. The smallest absolute Gasteiger partial charge is 0.0618 e. The molecule has 108 valence electrons. The lowest BCUT2D eigenvalue weighted by molar-refractivity contribution is 0.135. The largest absolute Gasteiger partial charge is 0.383 e. The van der Waals surface area contributed by atoms with Gasteiger partial charge in [-0.05, 0) is 29.5 Å². The maximum atomic E-state index is 5.96. The van der Waals surface area contributed by atoms with Gasteiger partial charge in [-0.15, -0.1) is 0 Å². The molecule has 0 bridgehead atoms. The molecule has 3 heteroatoms. The number of benzene rings is 1. The lowest BCUT2D eigenvalue weighted by Gasteiger charge is -2.30. The van der Waals surface area contributed by atoms with Gasteiger partial charge < -0.3 is 10.1 Å². The average Bonchev–Trinajstić information content (AvgIpc) is 2.35. The molecule has 1 aromatic carbocycles. The first-order valence-corrected chi connectivity index (χ1v) is 7.34. The highest BCUT2D eigenvalue weighted by atomic mass is 35.5. The van der Waals surface area contributed by atoms with Crippen LogP contribution >= 0.6 is 11.6 Å². The van der Waals surface area contributed by atoms with Crippen molar-refractivity contribution in [3.8, 4) is 0 Å². The predicted molar refractivity (Wildman–Crippen MR) is 82.7 cm³/mol. The van der Waals surface area contributed by atoms with E-state index in [0.29, 0.717) is 23.9 Å². The van der Waals surface area contributed by atoms with Crippen LogP contribution < -0.4 is 5.32 Å². The molecule has 0 saturated heterocycles. The van der Waals surface area contributed by atoms with E-state index in [4.69, 9.17) is 16.3 Å². The van der Waals surface area contributed by atoms with Crippen LogP contribution in [0.25, 0.3) is 0 Å². The minimum Gasteiger partial charge on any atom is -0.383 e. The third kappa shape index (κ3) is 5.13. The Hall–Kier alpha value is -0.570. The fraction of sp³-hybridized carbons (Fsp3) is 0.625. The molecule has 1 aromatic rings. The summed E-state index contributed by atoms with van der Waals surface area (Å²) in [7, 11) is 1.75. The first-order chi connectivity index (χ1) is 8.95. The standard InChI is InChI=1S/C16H26ClNO/c1-11(2)15(10-19-5)18-16(12(3)4)13-6-8-14(17)9-7-13/h6-9,11-12,15-16,18H,10H2,1-5H3. The van der Waals surface area contributed by atoms with E-state index in [2.05, 4.69) is 45.1 Å². The van der Waals surface area contributed by atoms with Gasteiger partial charge in [0.2, 0.25) is 0 Å². The molecule has 0 radical (unpaired) electrons. The minimum absolute atomic E-state index is 0.319. The van der Waals surface area contributed by atoms with Crippen molar-refractivity contribution in [3.05, 3.63) is 34.9 Å². The molecular formula is C16H26ClNO. The summed E-state index contributed by atoms with van der Waals surface area (Å²) in [6.07, 6.45) is 0. The molecule has 0 aliphatic rings. The van der Waals surface area contributed by atoms with Crippen LogP contribution in [0.3, 0.4) is 0 Å². The van der Waals surface area contributed by atoms with Gasteiger partial charge in [-0.3, -0.25) is 0 Å². The highest BCUT2D eigenvalue weighted by molar-refractivity contribution is 6.30. The van der Waals surface area contributed by atoms with Crippen LogP contribution in [0.15, 0.2) is 24.3 Å². The van der Waals surface area contributed by atoms with E-state index in [1.165, 1.54) is 5.56 Å². The Labute approximate surface area is 122 Å². The second kappa shape index (κ2) is 7.88. The molecule has 1 rings (SSSR count). The van der Waals surface area contributed by atoms with Crippen molar-refractivity contribution in [3.63, 3.8) is 0 Å². The number of methoxy groups -OCH3 is 1. The maximum Gasteiger partial charge on any atom is 0.0618 e. The van der Waals surface area contributed by atoms with E-state index >= 15 is 0 Å². The minimum atomic E-state index is 0.319. The van der Waals surface area contributed by atoms with Crippen LogP contribution in [-0.4, -0.2) is 19.8 Å². The van der Waals surface area contributed by atoms with Gasteiger partial charge in [0.05, 0.1) is 6.61 Å². The Morgan fingerprint density at radius 1 is 1.05 bits per heavy atom. The summed E-state index contributed by atoms with van der Waals surface area (Å²) in [5, 5.41) is 4.50. The van der Waals surface area contributed by atoms with Crippen LogP contribution in [0.4, 0.5) is 0 Å².